The standard InChI is InChI=1S/C16H26N2O2/c1-15(2,3)10-16(4,5)18-11-7-8-13(17)12(9-11)14(19)20-6/h7-9,18H,10,17H2,1-6H3. The molecule has 1 aromatic rings. The van der Waals surface area contributed by atoms with Crippen LogP contribution in [0.2, 0.25) is 0 Å². The van der Waals surface area contributed by atoms with Crippen LogP contribution in [-0.4, -0.2) is 18.6 Å². The minimum absolute atomic E-state index is 0.0816. The Bertz CT molecular complexity index is 488. The second-order valence-electron chi connectivity index (χ2n) is 7.04. The van der Waals surface area contributed by atoms with Gasteiger partial charge in [0.1, 0.15) is 0 Å². The van der Waals surface area contributed by atoms with Gasteiger partial charge in [0.2, 0.25) is 0 Å². The van der Waals surface area contributed by atoms with E-state index in [0.717, 1.165) is 12.1 Å². The predicted octanol–water partition coefficient (Wildman–Crippen LogP) is 3.68. The summed E-state index contributed by atoms with van der Waals surface area (Å²) in [7, 11) is 1.35. The first-order valence-electron chi connectivity index (χ1n) is 6.80. The van der Waals surface area contributed by atoms with Crippen molar-refractivity contribution in [2.45, 2.75) is 46.6 Å². The number of anilines is 2. The third-order valence-electron chi connectivity index (χ3n) is 2.91. The molecule has 0 bridgehead atoms. The summed E-state index contributed by atoms with van der Waals surface area (Å²) in [4.78, 5) is 11.7. The highest BCUT2D eigenvalue weighted by Gasteiger charge is 2.25. The van der Waals surface area contributed by atoms with Gasteiger partial charge in [-0.25, -0.2) is 4.79 Å². The van der Waals surface area contributed by atoms with Crippen LogP contribution in [0.4, 0.5) is 11.4 Å². The number of benzene rings is 1. The van der Waals surface area contributed by atoms with Crippen molar-refractivity contribution in [3.8, 4) is 0 Å². The van der Waals surface area contributed by atoms with E-state index < -0.39 is 5.97 Å². The van der Waals surface area contributed by atoms with Gasteiger partial charge in [0, 0.05) is 16.9 Å². The molecular weight excluding hydrogens is 252 g/mol. The Morgan fingerprint density at radius 1 is 1.25 bits per heavy atom. The van der Waals surface area contributed by atoms with E-state index in [-0.39, 0.29) is 11.0 Å². The lowest BCUT2D eigenvalue weighted by molar-refractivity contribution is 0.0602. The Kier molecular flexibility index (Phi) is 4.69. The number of rotatable bonds is 4. The Morgan fingerprint density at radius 3 is 2.35 bits per heavy atom. The molecule has 0 saturated heterocycles. The molecule has 112 valence electrons. The van der Waals surface area contributed by atoms with Crippen molar-refractivity contribution in [3.63, 3.8) is 0 Å². The lowest BCUT2D eigenvalue weighted by Crippen LogP contribution is -2.35. The Labute approximate surface area is 121 Å². The summed E-state index contributed by atoms with van der Waals surface area (Å²) >= 11 is 0. The van der Waals surface area contributed by atoms with Crippen molar-refractivity contribution >= 4 is 17.3 Å². The van der Waals surface area contributed by atoms with Crippen LogP contribution in [0.3, 0.4) is 0 Å². The maximum absolute atomic E-state index is 11.7. The van der Waals surface area contributed by atoms with Gasteiger partial charge in [0.15, 0.2) is 0 Å². The van der Waals surface area contributed by atoms with Crippen LogP contribution in [0, 0.1) is 5.41 Å². The van der Waals surface area contributed by atoms with Crippen LogP contribution < -0.4 is 11.1 Å². The molecule has 4 heteroatoms. The molecule has 0 atom stereocenters. The first-order chi connectivity index (χ1) is 9.04. The average Bonchev–Trinajstić information content (AvgIpc) is 2.27. The highest BCUT2D eigenvalue weighted by Crippen LogP contribution is 2.30. The van der Waals surface area contributed by atoms with E-state index in [1.807, 2.05) is 6.07 Å². The van der Waals surface area contributed by atoms with Crippen LogP contribution in [0.5, 0.6) is 0 Å². The topological polar surface area (TPSA) is 64.3 Å². The highest BCUT2D eigenvalue weighted by molar-refractivity contribution is 5.96. The lowest BCUT2D eigenvalue weighted by Gasteiger charge is -2.34. The Hall–Kier alpha value is -1.71. The van der Waals surface area contributed by atoms with E-state index in [4.69, 9.17) is 10.5 Å². The maximum atomic E-state index is 11.7. The van der Waals surface area contributed by atoms with Crippen LogP contribution in [0.25, 0.3) is 0 Å². The predicted molar refractivity (Wildman–Crippen MR) is 84.0 cm³/mol. The molecule has 0 amide bonds. The summed E-state index contributed by atoms with van der Waals surface area (Å²) in [5.74, 6) is -0.417. The van der Waals surface area contributed by atoms with Crippen LogP contribution in [-0.2, 0) is 4.74 Å². The molecule has 4 nitrogen and oxygen atoms in total. The second kappa shape index (κ2) is 5.73. The van der Waals surface area contributed by atoms with Crippen LogP contribution in [0.1, 0.15) is 51.4 Å². The van der Waals surface area contributed by atoms with Crippen molar-refractivity contribution in [3.05, 3.63) is 23.8 Å². The van der Waals surface area contributed by atoms with Gasteiger partial charge in [0.05, 0.1) is 12.7 Å². The smallest absolute Gasteiger partial charge is 0.340 e. The Morgan fingerprint density at radius 2 is 1.85 bits per heavy atom. The van der Waals surface area contributed by atoms with E-state index in [2.05, 4.69) is 39.9 Å². The van der Waals surface area contributed by atoms with Gasteiger partial charge in [-0.1, -0.05) is 20.8 Å². The van der Waals surface area contributed by atoms with Crippen molar-refractivity contribution in [2.24, 2.45) is 5.41 Å². The zero-order valence-corrected chi connectivity index (χ0v) is 13.3. The third-order valence-corrected chi connectivity index (χ3v) is 2.91. The molecule has 0 heterocycles. The second-order valence-corrected chi connectivity index (χ2v) is 7.04. The van der Waals surface area contributed by atoms with Crippen molar-refractivity contribution < 1.29 is 9.53 Å². The van der Waals surface area contributed by atoms with Gasteiger partial charge in [-0.15, -0.1) is 0 Å². The first-order valence-corrected chi connectivity index (χ1v) is 6.80. The summed E-state index contributed by atoms with van der Waals surface area (Å²) < 4.78 is 4.74. The van der Waals surface area contributed by atoms with Gasteiger partial charge < -0.3 is 15.8 Å². The molecule has 0 aliphatic heterocycles. The van der Waals surface area contributed by atoms with Gasteiger partial charge in [0.25, 0.3) is 0 Å². The largest absolute Gasteiger partial charge is 0.465 e. The molecule has 0 fully saturated rings. The number of carbonyl (C=O) groups excluding carboxylic acids is 1. The number of esters is 1. The summed E-state index contributed by atoms with van der Waals surface area (Å²) in [6.07, 6.45) is 0.998. The summed E-state index contributed by atoms with van der Waals surface area (Å²) in [6.45, 7) is 10.9. The fourth-order valence-electron chi connectivity index (χ4n) is 2.68. The summed E-state index contributed by atoms with van der Waals surface area (Å²) in [5.41, 5.74) is 7.63. The van der Waals surface area contributed by atoms with E-state index in [0.29, 0.717) is 11.3 Å². The van der Waals surface area contributed by atoms with Crippen molar-refractivity contribution in [2.75, 3.05) is 18.2 Å². The number of nitrogens with two attached hydrogens (primary N) is 1. The number of nitrogen functional groups attached to an aromatic ring is 1. The third kappa shape index (κ3) is 4.76. The quantitative estimate of drug-likeness (QED) is 0.651. The fourth-order valence-corrected chi connectivity index (χ4v) is 2.68. The Balaban J connectivity index is 2.96. The normalized spacial score (nSPS) is 12.1. The molecule has 1 aromatic carbocycles. The summed E-state index contributed by atoms with van der Waals surface area (Å²) in [5, 5.41) is 3.46. The molecule has 3 N–H and O–H groups in total. The number of nitrogens with one attached hydrogen (secondary N) is 1. The molecule has 0 spiro atoms. The molecule has 0 saturated carbocycles. The monoisotopic (exact) mass is 278 g/mol. The van der Waals surface area contributed by atoms with E-state index in [1.54, 1.807) is 12.1 Å². The first kappa shape index (κ1) is 16.3. The molecule has 0 unspecified atom stereocenters. The van der Waals surface area contributed by atoms with Gasteiger partial charge >= 0.3 is 5.97 Å². The van der Waals surface area contributed by atoms with Crippen LogP contribution >= 0.6 is 0 Å². The van der Waals surface area contributed by atoms with Gasteiger partial charge in [-0.3, -0.25) is 0 Å². The average molecular weight is 278 g/mol. The lowest BCUT2D eigenvalue weighted by atomic mass is 9.81. The van der Waals surface area contributed by atoms with E-state index in [1.165, 1.54) is 7.11 Å². The zero-order chi connectivity index (χ0) is 15.6. The molecule has 0 aromatic heterocycles. The highest BCUT2D eigenvalue weighted by atomic mass is 16.5. The number of ether oxygens (including phenoxy) is 1. The molecule has 0 radical (unpaired) electrons. The molecule has 1 rings (SSSR count). The maximum Gasteiger partial charge on any atom is 0.340 e. The van der Waals surface area contributed by atoms with Crippen molar-refractivity contribution in [1.82, 2.24) is 0 Å². The van der Waals surface area contributed by atoms with Gasteiger partial charge in [-0.2, -0.15) is 0 Å². The number of hydrogen-bond donors (Lipinski definition) is 2. The van der Waals surface area contributed by atoms with E-state index in [9.17, 15) is 4.79 Å². The minimum atomic E-state index is -0.417. The van der Waals surface area contributed by atoms with Crippen molar-refractivity contribution in [1.29, 1.82) is 0 Å². The SMILES string of the molecule is COC(=O)c1cc(NC(C)(C)CC(C)(C)C)ccc1N. The fraction of sp³-hybridized carbons (Fsp3) is 0.562. The number of carbonyl (C=O) groups is 1. The number of methoxy groups -OCH3 is 1. The minimum Gasteiger partial charge on any atom is -0.465 e. The molecular formula is C16H26N2O2. The molecule has 20 heavy (non-hydrogen) atoms. The molecule has 0 aliphatic rings. The molecule has 0 aliphatic carbocycles. The van der Waals surface area contributed by atoms with Crippen LogP contribution in [0.15, 0.2) is 18.2 Å². The summed E-state index contributed by atoms with van der Waals surface area (Å²) in [6, 6.07) is 5.35. The number of hydrogen-bond acceptors (Lipinski definition) is 4. The van der Waals surface area contributed by atoms with Gasteiger partial charge in [-0.05, 0) is 43.9 Å². The zero-order valence-electron chi connectivity index (χ0n) is 13.3. The van der Waals surface area contributed by atoms with E-state index >= 15 is 0 Å².